The molecule has 0 aliphatic carbocycles. The number of halogens is 3. The molecule has 1 unspecified atom stereocenters. The van der Waals surface area contributed by atoms with E-state index in [0.29, 0.717) is 5.02 Å². The lowest BCUT2D eigenvalue weighted by Gasteiger charge is -2.12. The van der Waals surface area contributed by atoms with Gasteiger partial charge in [-0.05, 0) is 35.0 Å². The van der Waals surface area contributed by atoms with Crippen LogP contribution in [0.1, 0.15) is 17.9 Å². The van der Waals surface area contributed by atoms with Gasteiger partial charge in [0, 0.05) is 10.6 Å². The molecule has 0 radical (unpaired) electrons. The van der Waals surface area contributed by atoms with Crippen LogP contribution in [0.4, 0.5) is 0 Å². The normalized spacial score (nSPS) is 12.7. The summed E-state index contributed by atoms with van der Waals surface area (Å²) >= 11 is 15.2. The first-order valence-corrected chi connectivity index (χ1v) is 5.34. The topological polar surface area (TPSA) is 9.23 Å². The molecule has 0 fully saturated rings. The van der Waals surface area contributed by atoms with Crippen LogP contribution in [0.2, 0.25) is 5.02 Å². The molecule has 13 heavy (non-hydrogen) atoms. The molecule has 0 saturated carbocycles. The summed E-state index contributed by atoms with van der Waals surface area (Å²) in [5.41, 5.74) is 0.892. The Bertz CT molecular complexity index is 313. The Hall–Kier alpha value is 0.0800. The number of alkyl halides is 1. The molecule has 0 aliphatic heterocycles. The number of benzene rings is 1. The van der Waals surface area contributed by atoms with Crippen molar-refractivity contribution in [3.63, 3.8) is 0 Å². The van der Waals surface area contributed by atoms with Crippen LogP contribution >= 0.6 is 39.1 Å². The number of hydrogen-bond acceptors (Lipinski definition) is 1. The molecule has 0 bridgehead atoms. The largest absolute Gasteiger partial charge is 0.495 e. The Morgan fingerprint density at radius 2 is 2.08 bits per heavy atom. The fourth-order valence-electron chi connectivity index (χ4n) is 1.09. The summed E-state index contributed by atoms with van der Waals surface area (Å²) in [6.07, 6.45) is 0. The van der Waals surface area contributed by atoms with Crippen molar-refractivity contribution in [1.29, 1.82) is 0 Å². The van der Waals surface area contributed by atoms with Crippen LogP contribution in [-0.2, 0) is 0 Å². The molecule has 0 amide bonds. The molecule has 0 spiro atoms. The highest BCUT2D eigenvalue weighted by molar-refractivity contribution is 9.10. The molecule has 4 heteroatoms. The zero-order valence-electron chi connectivity index (χ0n) is 7.27. The highest BCUT2D eigenvalue weighted by atomic mass is 79.9. The average molecular weight is 284 g/mol. The van der Waals surface area contributed by atoms with Gasteiger partial charge in [0.15, 0.2) is 0 Å². The Kier molecular flexibility index (Phi) is 3.89. The van der Waals surface area contributed by atoms with Crippen molar-refractivity contribution >= 4 is 39.1 Å². The third-order valence-electron chi connectivity index (χ3n) is 1.67. The van der Waals surface area contributed by atoms with E-state index in [0.717, 1.165) is 15.8 Å². The third-order valence-corrected chi connectivity index (χ3v) is 2.71. The first-order valence-electron chi connectivity index (χ1n) is 3.73. The molecule has 1 nitrogen and oxygen atoms in total. The van der Waals surface area contributed by atoms with Crippen LogP contribution < -0.4 is 4.74 Å². The zero-order valence-corrected chi connectivity index (χ0v) is 10.4. The van der Waals surface area contributed by atoms with E-state index in [1.54, 1.807) is 13.2 Å². The second-order valence-electron chi connectivity index (χ2n) is 2.63. The number of ether oxygens (including phenoxy) is 1. The van der Waals surface area contributed by atoms with Gasteiger partial charge in [0.05, 0.1) is 17.0 Å². The maximum absolute atomic E-state index is 5.97. The summed E-state index contributed by atoms with van der Waals surface area (Å²) in [4.78, 5) is 0. The SMILES string of the molecule is COc1c(Br)cc(Cl)cc1C(C)Cl. The number of hydrogen-bond donors (Lipinski definition) is 0. The first kappa shape index (κ1) is 11.2. The van der Waals surface area contributed by atoms with Gasteiger partial charge in [-0.2, -0.15) is 0 Å². The lowest BCUT2D eigenvalue weighted by Crippen LogP contribution is -1.93. The minimum Gasteiger partial charge on any atom is -0.495 e. The highest BCUT2D eigenvalue weighted by Crippen LogP contribution is 2.37. The zero-order chi connectivity index (χ0) is 10.0. The summed E-state index contributed by atoms with van der Waals surface area (Å²) in [7, 11) is 1.61. The van der Waals surface area contributed by atoms with Crippen molar-refractivity contribution in [3.8, 4) is 5.75 Å². The molecule has 1 atom stereocenters. The predicted octanol–water partition coefficient (Wildman–Crippen LogP) is 4.41. The standard InChI is InChI=1S/C9H9BrCl2O/c1-5(11)7-3-6(12)4-8(10)9(7)13-2/h3-5H,1-2H3. The van der Waals surface area contributed by atoms with Gasteiger partial charge < -0.3 is 4.74 Å². The van der Waals surface area contributed by atoms with Gasteiger partial charge in [-0.25, -0.2) is 0 Å². The molecule has 1 rings (SSSR count). The summed E-state index contributed by atoms with van der Waals surface area (Å²) in [5, 5.41) is 0.528. The van der Waals surface area contributed by atoms with Crippen molar-refractivity contribution in [1.82, 2.24) is 0 Å². The Morgan fingerprint density at radius 3 is 2.54 bits per heavy atom. The smallest absolute Gasteiger partial charge is 0.137 e. The summed E-state index contributed by atoms with van der Waals surface area (Å²) < 4.78 is 6.03. The number of rotatable bonds is 2. The third kappa shape index (κ3) is 2.52. The average Bonchev–Trinajstić information content (AvgIpc) is 2.02. The molecule has 0 N–H and O–H groups in total. The molecule has 1 aromatic carbocycles. The maximum atomic E-state index is 5.97. The van der Waals surface area contributed by atoms with E-state index < -0.39 is 0 Å². The molecular weight excluding hydrogens is 275 g/mol. The first-order chi connectivity index (χ1) is 6.06. The van der Waals surface area contributed by atoms with Crippen LogP contribution in [-0.4, -0.2) is 7.11 Å². The summed E-state index contributed by atoms with van der Waals surface area (Å²) in [6, 6.07) is 3.59. The van der Waals surface area contributed by atoms with Crippen molar-refractivity contribution in [2.45, 2.75) is 12.3 Å². The number of methoxy groups -OCH3 is 1. The van der Waals surface area contributed by atoms with E-state index >= 15 is 0 Å². The fraction of sp³-hybridized carbons (Fsp3) is 0.333. The molecule has 0 aromatic heterocycles. The van der Waals surface area contributed by atoms with Crippen molar-refractivity contribution < 1.29 is 4.74 Å². The summed E-state index contributed by atoms with van der Waals surface area (Å²) in [5.74, 6) is 0.743. The monoisotopic (exact) mass is 282 g/mol. The van der Waals surface area contributed by atoms with E-state index in [4.69, 9.17) is 27.9 Å². The Morgan fingerprint density at radius 1 is 1.46 bits per heavy atom. The van der Waals surface area contributed by atoms with Crippen LogP contribution in [0.3, 0.4) is 0 Å². The lowest BCUT2D eigenvalue weighted by molar-refractivity contribution is 0.407. The Balaban J connectivity index is 3.29. The van der Waals surface area contributed by atoms with Gasteiger partial charge in [0.25, 0.3) is 0 Å². The van der Waals surface area contributed by atoms with Crippen LogP contribution in [0.15, 0.2) is 16.6 Å². The van der Waals surface area contributed by atoms with Crippen LogP contribution in [0, 0.1) is 0 Å². The van der Waals surface area contributed by atoms with E-state index in [1.807, 2.05) is 13.0 Å². The molecular formula is C9H9BrCl2O. The lowest BCUT2D eigenvalue weighted by atomic mass is 10.1. The Labute approximate surface area is 96.1 Å². The van der Waals surface area contributed by atoms with Gasteiger partial charge in [0.1, 0.15) is 5.75 Å². The second kappa shape index (κ2) is 4.54. The van der Waals surface area contributed by atoms with Gasteiger partial charge in [-0.3, -0.25) is 0 Å². The molecule has 72 valence electrons. The predicted molar refractivity (Wildman–Crippen MR) is 60.0 cm³/mol. The van der Waals surface area contributed by atoms with E-state index in [2.05, 4.69) is 15.9 Å². The molecule has 0 heterocycles. The maximum Gasteiger partial charge on any atom is 0.137 e. The van der Waals surface area contributed by atoms with Crippen molar-refractivity contribution in [3.05, 3.63) is 27.2 Å². The van der Waals surface area contributed by atoms with Crippen LogP contribution in [0.25, 0.3) is 0 Å². The van der Waals surface area contributed by atoms with E-state index in [-0.39, 0.29) is 5.38 Å². The van der Waals surface area contributed by atoms with Gasteiger partial charge in [-0.15, -0.1) is 11.6 Å². The summed E-state index contributed by atoms with van der Waals surface area (Å²) in [6.45, 7) is 1.88. The fourth-order valence-corrected chi connectivity index (χ4v) is 2.25. The van der Waals surface area contributed by atoms with Gasteiger partial charge in [-0.1, -0.05) is 11.6 Å². The highest BCUT2D eigenvalue weighted by Gasteiger charge is 2.13. The molecule has 1 aromatic rings. The molecule has 0 aliphatic rings. The van der Waals surface area contributed by atoms with Gasteiger partial charge in [0.2, 0.25) is 0 Å². The minimum absolute atomic E-state index is 0.120. The van der Waals surface area contributed by atoms with E-state index in [9.17, 15) is 0 Å². The minimum atomic E-state index is -0.120. The van der Waals surface area contributed by atoms with Crippen molar-refractivity contribution in [2.24, 2.45) is 0 Å². The quantitative estimate of drug-likeness (QED) is 0.731. The molecule has 0 saturated heterocycles. The van der Waals surface area contributed by atoms with Crippen molar-refractivity contribution in [2.75, 3.05) is 7.11 Å². The van der Waals surface area contributed by atoms with Crippen LogP contribution in [0.5, 0.6) is 5.75 Å². The van der Waals surface area contributed by atoms with E-state index in [1.165, 1.54) is 0 Å². The van der Waals surface area contributed by atoms with Gasteiger partial charge >= 0.3 is 0 Å². The second-order valence-corrected chi connectivity index (χ2v) is 4.57.